The van der Waals surface area contributed by atoms with Gasteiger partial charge in [-0.25, -0.2) is 4.79 Å². The lowest BCUT2D eigenvalue weighted by Gasteiger charge is -2.22. The molecule has 0 fully saturated rings. The monoisotopic (exact) mass is 404 g/mol. The van der Waals surface area contributed by atoms with Gasteiger partial charge in [0.1, 0.15) is 11.9 Å². The minimum Gasteiger partial charge on any atom is -0.486 e. The topological polar surface area (TPSA) is 81.9 Å². The molecule has 0 aliphatic heterocycles. The van der Waals surface area contributed by atoms with Gasteiger partial charge in [-0.2, -0.15) is 0 Å². The molecule has 0 bridgehead atoms. The maximum absolute atomic E-state index is 12.7. The second kappa shape index (κ2) is 10.1. The first-order valence-corrected chi connectivity index (χ1v) is 9.61. The van der Waals surface area contributed by atoms with Gasteiger partial charge in [0.05, 0.1) is 6.61 Å². The molecule has 6 heteroatoms. The zero-order chi connectivity index (χ0) is 21.3. The quantitative estimate of drug-likeness (QED) is 0.596. The van der Waals surface area contributed by atoms with Crippen molar-refractivity contribution < 1.29 is 19.1 Å². The summed E-state index contributed by atoms with van der Waals surface area (Å²) in [6.45, 7) is 0.140. The van der Waals surface area contributed by atoms with Gasteiger partial charge < -0.3 is 20.1 Å². The first-order valence-electron chi connectivity index (χ1n) is 9.61. The molecule has 2 amide bonds. The lowest BCUT2D eigenvalue weighted by molar-refractivity contribution is 0.0993. The Hall–Kier alpha value is -3.80. The van der Waals surface area contributed by atoms with Crippen molar-refractivity contribution in [2.75, 3.05) is 18.6 Å². The zero-order valence-corrected chi connectivity index (χ0v) is 16.7. The van der Waals surface area contributed by atoms with Crippen molar-refractivity contribution in [2.45, 2.75) is 12.5 Å². The SMILES string of the molecule is CN(C(=O)c1ccccc1)c1cccc(OC(CCOC(N)=O)c2ccccc2)c1. The molecule has 0 heterocycles. The summed E-state index contributed by atoms with van der Waals surface area (Å²) < 4.78 is 11.1. The molecule has 1 unspecified atom stereocenters. The van der Waals surface area contributed by atoms with Crippen LogP contribution >= 0.6 is 0 Å². The Bertz CT molecular complexity index is 977. The van der Waals surface area contributed by atoms with E-state index in [0.29, 0.717) is 23.4 Å². The molecule has 154 valence electrons. The third-order valence-corrected chi connectivity index (χ3v) is 4.60. The highest BCUT2D eigenvalue weighted by Crippen LogP contribution is 2.28. The third kappa shape index (κ3) is 5.61. The molecule has 0 aliphatic rings. The lowest BCUT2D eigenvalue weighted by atomic mass is 10.1. The smallest absolute Gasteiger partial charge is 0.404 e. The van der Waals surface area contributed by atoms with Gasteiger partial charge >= 0.3 is 6.09 Å². The standard InChI is InChI=1S/C24H24N2O4/c1-26(23(27)19-11-6-3-7-12-19)20-13-8-14-21(17-20)30-22(15-16-29-24(25)28)18-9-4-2-5-10-18/h2-14,17,22H,15-16H2,1H3,(H2,25,28). The molecule has 3 rings (SSSR count). The number of carbonyl (C=O) groups is 2. The van der Waals surface area contributed by atoms with Crippen LogP contribution in [-0.2, 0) is 4.74 Å². The van der Waals surface area contributed by atoms with Gasteiger partial charge in [0.2, 0.25) is 0 Å². The normalized spacial score (nSPS) is 11.4. The summed E-state index contributed by atoms with van der Waals surface area (Å²) in [4.78, 5) is 25.2. The van der Waals surface area contributed by atoms with Gasteiger partial charge in [0, 0.05) is 30.8 Å². The number of carbonyl (C=O) groups excluding carboxylic acids is 2. The second-order valence-corrected chi connectivity index (χ2v) is 6.70. The second-order valence-electron chi connectivity index (χ2n) is 6.70. The average molecular weight is 404 g/mol. The predicted molar refractivity (Wildman–Crippen MR) is 116 cm³/mol. The Balaban J connectivity index is 1.77. The van der Waals surface area contributed by atoms with Crippen LogP contribution in [0.25, 0.3) is 0 Å². The summed E-state index contributed by atoms with van der Waals surface area (Å²) in [5.41, 5.74) is 7.33. The van der Waals surface area contributed by atoms with Crippen molar-refractivity contribution in [1.82, 2.24) is 0 Å². The van der Waals surface area contributed by atoms with Crippen molar-refractivity contribution in [1.29, 1.82) is 0 Å². The first-order chi connectivity index (χ1) is 14.5. The minimum atomic E-state index is -0.815. The lowest BCUT2D eigenvalue weighted by Crippen LogP contribution is -2.26. The van der Waals surface area contributed by atoms with E-state index < -0.39 is 6.09 Å². The van der Waals surface area contributed by atoms with Crippen LogP contribution < -0.4 is 15.4 Å². The molecule has 1 atom stereocenters. The summed E-state index contributed by atoms with van der Waals surface area (Å²) in [7, 11) is 1.73. The van der Waals surface area contributed by atoms with E-state index in [2.05, 4.69) is 0 Å². The van der Waals surface area contributed by atoms with E-state index in [0.717, 1.165) is 5.56 Å². The molecule has 2 N–H and O–H groups in total. The van der Waals surface area contributed by atoms with Gasteiger partial charge in [-0.3, -0.25) is 4.79 Å². The first kappa shape index (κ1) is 20.9. The van der Waals surface area contributed by atoms with E-state index in [-0.39, 0.29) is 18.6 Å². The molecule has 0 saturated carbocycles. The summed E-state index contributed by atoms with van der Waals surface area (Å²) in [5, 5.41) is 0. The molecule has 3 aromatic carbocycles. The van der Waals surface area contributed by atoms with Crippen molar-refractivity contribution in [3.63, 3.8) is 0 Å². The molecule has 0 aliphatic carbocycles. The van der Waals surface area contributed by atoms with Gasteiger partial charge in [0.15, 0.2) is 0 Å². The number of benzene rings is 3. The van der Waals surface area contributed by atoms with E-state index in [9.17, 15) is 9.59 Å². The summed E-state index contributed by atoms with van der Waals surface area (Å²) in [6, 6.07) is 26.1. The zero-order valence-electron chi connectivity index (χ0n) is 16.7. The molecule has 0 saturated heterocycles. The van der Waals surface area contributed by atoms with Crippen LogP contribution in [0.1, 0.15) is 28.4 Å². The van der Waals surface area contributed by atoms with Gasteiger partial charge in [0.25, 0.3) is 5.91 Å². The van der Waals surface area contributed by atoms with Crippen LogP contribution in [0.4, 0.5) is 10.5 Å². The molecule has 0 aromatic heterocycles. The Morgan fingerprint density at radius 2 is 1.60 bits per heavy atom. The Kier molecular flexibility index (Phi) is 7.05. The van der Waals surface area contributed by atoms with Crippen molar-refractivity contribution >= 4 is 17.7 Å². The highest BCUT2D eigenvalue weighted by atomic mass is 16.5. The van der Waals surface area contributed by atoms with Crippen molar-refractivity contribution in [3.8, 4) is 5.75 Å². The van der Waals surface area contributed by atoms with Crippen molar-refractivity contribution in [2.24, 2.45) is 5.73 Å². The van der Waals surface area contributed by atoms with Crippen LogP contribution in [0.15, 0.2) is 84.9 Å². The van der Waals surface area contributed by atoms with Crippen LogP contribution in [0.5, 0.6) is 5.75 Å². The highest BCUT2D eigenvalue weighted by Gasteiger charge is 2.17. The number of hydrogen-bond acceptors (Lipinski definition) is 4. The molecule has 0 spiro atoms. The maximum atomic E-state index is 12.7. The van der Waals surface area contributed by atoms with Crippen LogP contribution in [0, 0.1) is 0 Å². The fourth-order valence-corrected chi connectivity index (χ4v) is 3.05. The van der Waals surface area contributed by atoms with Crippen LogP contribution in [-0.4, -0.2) is 25.7 Å². The predicted octanol–water partition coefficient (Wildman–Crippen LogP) is 4.57. The van der Waals surface area contributed by atoms with Crippen LogP contribution in [0.2, 0.25) is 0 Å². The van der Waals surface area contributed by atoms with Gasteiger partial charge in [-0.1, -0.05) is 54.6 Å². The fourth-order valence-electron chi connectivity index (χ4n) is 3.05. The largest absolute Gasteiger partial charge is 0.486 e. The van der Waals surface area contributed by atoms with Crippen LogP contribution in [0.3, 0.4) is 0 Å². The molecule has 3 aromatic rings. The Morgan fingerprint density at radius 1 is 0.933 bits per heavy atom. The molecular formula is C24H24N2O4. The number of hydrogen-bond donors (Lipinski definition) is 1. The van der Waals surface area contributed by atoms with Gasteiger partial charge in [-0.05, 0) is 29.8 Å². The van der Waals surface area contributed by atoms with Gasteiger partial charge in [-0.15, -0.1) is 0 Å². The number of rotatable bonds is 8. The average Bonchev–Trinajstić information content (AvgIpc) is 2.78. The summed E-state index contributed by atoms with van der Waals surface area (Å²) >= 11 is 0. The number of primary amides is 1. The number of nitrogens with two attached hydrogens (primary N) is 1. The fraction of sp³-hybridized carbons (Fsp3) is 0.167. The molecular weight excluding hydrogens is 380 g/mol. The van der Waals surface area contributed by atoms with E-state index in [4.69, 9.17) is 15.2 Å². The van der Waals surface area contributed by atoms with E-state index in [1.807, 2.05) is 72.8 Å². The molecule has 0 radical (unpaired) electrons. The number of anilines is 1. The molecule has 30 heavy (non-hydrogen) atoms. The third-order valence-electron chi connectivity index (χ3n) is 4.60. The van der Waals surface area contributed by atoms with E-state index in [1.54, 1.807) is 24.1 Å². The highest BCUT2D eigenvalue weighted by molar-refractivity contribution is 6.05. The Labute approximate surface area is 175 Å². The van der Waals surface area contributed by atoms with E-state index >= 15 is 0 Å². The number of nitrogens with zero attached hydrogens (tertiary/aromatic N) is 1. The minimum absolute atomic E-state index is 0.109. The summed E-state index contributed by atoms with van der Waals surface area (Å²) in [5.74, 6) is 0.496. The Morgan fingerprint density at radius 3 is 2.27 bits per heavy atom. The maximum Gasteiger partial charge on any atom is 0.404 e. The molecule has 6 nitrogen and oxygen atoms in total. The van der Waals surface area contributed by atoms with Crippen molar-refractivity contribution in [3.05, 3.63) is 96.1 Å². The number of ether oxygens (including phenoxy) is 2. The number of amides is 2. The van der Waals surface area contributed by atoms with E-state index in [1.165, 1.54) is 0 Å². The summed E-state index contributed by atoms with van der Waals surface area (Å²) in [6.07, 6.45) is -0.712.